The SMILES string of the molecule is CCc1cc(CC)c(CC[O])c(CC)c1. The standard InChI is InChI=1S/C14H21O/c1-4-11-9-12(5-2)14(7-8-15)13(6-3)10-11/h9-10H,4-8H2,1-3H3. The van der Waals surface area contributed by atoms with Gasteiger partial charge >= 0.3 is 0 Å². The van der Waals surface area contributed by atoms with Crippen molar-refractivity contribution in [1.82, 2.24) is 0 Å². The summed E-state index contributed by atoms with van der Waals surface area (Å²) < 4.78 is 0. The van der Waals surface area contributed by atoms with E-state index in [1.807, 2.05) is 0 Å². The molecule has 15 heavy (non-hydrogen) atoms. The van der Waals surface area contributed by atoms with Crippen LogP contribution in [0.2, 0.25) is 0 Å². The Morgan fingerprint density at radius 1 is 0.933 bits per heavy atom. The molecule has 1 nitrogen and oxygen atoms in total. The van der Waals surface area contributed by atoms with E-state index >= 15 is 0 Å². The molecule has 83 valence electrons. The minimum absolute atomic E-state index is 0.00543. The zero-order valence-corrected chi connectivity index (χ0v) is 10.1. The van der Waals surface area contributed by atoms with Crippen LogP contribution in [-0.2, 0) is 30.8 Å². The summed E-state index contributed by atoms with van der Waals surface area (Å²) in [5.74, 6) is 0. The predicted octanol–water partition coefficient (Wildman–Crippen LogP) is 3.35. The van der Waals surface area contributed by atoms with Gasteiger partial charge in [-0.25, -0.2) is 5.11 Å². The Hall–Kier alpha value is -0.820. The molecule has 0 N–H and O–H groups in total. The van der Waals surface area contributed by atoms with Crippen molar-refractivity contribution in [2.45, 2.75) is 46.5 Å². The quantitative estimate of drug-likeness (QED) is 0.702. The van der Waals surface area contributed by atoms with E-state index in [0.717, 1.165) is 19.3 Å². The molecule has 1 radical (unpaired) electrons. The highest BCUT2D eigenvalue weighted by Gasteiger charge is 2.07. The summed E-state index contributed by atoms with van der Waals surface area (Å²) in [6.45, 7) is 6.53. The van der Waals surface area contributed by atoms with Crippen LogP contribution in [0.3, 0.4) is 0 Å². The van der Waals surface area contributed by atoms with Crippen molar-refractivity contribution in [2.75, 3.05) is 6.61 Å². The van der Waals surface area contributed by atoms with Crippen LogP contribution in [-0.4, -0.2) is 6.61 Å². The second-order valence-electron chi connectivity index (χ2n) is 3.91. The lowest BCUT2D eigenvalue weighted by Crippen LogP contribution is -2.03. The molecule has 0 heterocycles. The van der Waals surface area contributed by atoms with E-state index < -0.39 is 0 Å². The van der Waals surface area contributed by atoms with Gasteiger partial charge in [-0.15, -0.1) is 0 Å². The molecule has 0 saturated carbocycles. The summed E-state index contributed by atoms with van der Waals surface area (Å²) in [4.78, 5) is 0. The maximum atomic E-state index is 10.8. The lowest BCUT2D eigenvalue weighted by atomic mass is 9.92. The Labute approximate surface area is 93.1 Å². The van der Waals surface area contributed by atoms with Crippen molar-refractivity contribution >= 4 is 0 Å². The van der Waals surface area contributed by atoms with Crippen LogP contribution in [0, 0.1) is 0 Å². The van der Waals surface area contributed by atoms with Gasteiger partial charge in [0.25, 0.3) is 0 Å². The molecule has 1 aromatic rings. The van der Waals surface area contributed by atoms with E-state index in [1.165, 1.54) is 22.3 Å². The van der Waals surface area contributed by atoms with Crippen LogP contribution in [0.15, 0.2) is 12.1 Å². The Balaban J connectivity index is 3.19. The highest BCUT2D eigenvalue weighted by molar-refractivity contribution is 5.39. The van der Waals surface area contributed by atoms with E-state index in [-0.39, 0.29) is 6.61 Å². The maximum absolute atomic E-state index is 10.8. The zero-order chi connectivity index (χ0) is 11.3. The molecule has 1 rings (SSSR count). The lowest BCUT2D eigenvalue weighted by molar-refractivity contribution is 0.197. The lowest BCUT2D eigenvalue weighted by Gasteiger charge is -2.14. The van der Waals surface area contributed by atoms with Crippen LogP contribution in [0.25, 0.3) is 0 Å². The summed E-state index contributed by atoms with van der Waals surface area (Å²) >= 11 is 0. The van der Waals surface area contributed by atoms with Crippen molar-refractivity contribution in [2.24, 2.45) is 0 Å². The van der Waals surface area contributed by atoms with Gasteiger partial charge in [0.05, 0.1) is 6.61 Å². The minimum atomic E-state index is 0.00543. The van der Waals surface area contributed by atoms with Gasteiger partial charge in [0.1, 0.15) is 0 Å². The fourth-order valence-corrected chi connectivity index (χ4v) is 2.13. The molecular formula is C14H21O. The third-order valence-electron chi connectivity index (χ3n) is 3.02. The van der Waals surface area contributed by atoms with Gasteiger partial charge in [-0.2, -0.15) is 0 Å². The van der Waals surface area contributed by atoms with Crippen LogP contribution in [0.4, 0.5) is 0 Å². The van der Waals surface area contributed by atoms with E-state index in [2.05, 4.69) is 32.9 Å². The first-order chi connectivity index (χ1) is 7.26. The van der Waals surface area contributed by atoms with Crippen molar-refractivity contribution in [3.8, 4) is 0 Å². The fraction of sp³-hybridized carbons (Fsp3) is 0.571. The first-order valence-electron chi connectivity index (χ1n) is 5.98. The van der Waals surface area contributed by atoms with Gasteiger partial charge in [-0.05, 0) is 47.9 Å². The number of benzene rings is 1. The van der Waals surface area contributed by atoms with Crippen molar-refractivity contribution in [1.29, 1.82) is 0 Å². The van der Waals surface area contributed by atoms with Crippen molar-refractivity contribution in [3.05, 3.63) is 34.4 Å². The number of rotatable bonds is 5. The largest absolute Gasteiger partial charge is 0.236 e. The molecule has 1 heteroatoms. The molecule has 0 atom stereocenters. The van der Waals surface area contributed by atoms with Gasteiger partial charge in [0, 0.05) is 0 Å². The molecule has 0 aliphatic heterocycles. The van der Waals surface area contributed by atoms with Gasteiger partial charge in [-0.3, -0.25) is 0 Å². The topological polar surface area (TPSA) is 19.9 Å². The van der Waals surface area contributed by atoms with Crippen LogP contribution >= 0.6 is 0 Å². The van der Waals surface area contributed by atoms with Gasteiger partial charge in [-0.1, -0.05) is 32.9 Å². The summed E-state index contributed by atoms with van der Waals surface area (Å²) in [7, 11) is 0. The number of hydrogen-bond donors (Lipinski definition) is 0. The summed E-state index contributed by atoms with van der Waals surface area (Å²) in [6, 6.07) is 4.54. The minimum Gasteiger partial charge on any atom is -0.236 e. The maximum Gasteiger partial charge on any atom is 0.0862 e. The third kappa shape index (κ3) is 2.82. The number of aryl methyl sites for hydroxylation is 3. The Kier molecular flexibility index (Phi) is 4.83. The van der Waals surface area contributed by atoms with Crippen molar-refractivity contribution < 1.29 is 5.11 Å². The zero-order valence-electron chi connectivity index (χ0n) is 10.1. The average Bonchev–Trinajstić information content (AvgIpc) is 2.29. The molecule has 0 aliphatic carbocycles. The third-order valence-corrected chi connectivity index (χ3v) is 3.02. The second-order valence-corrected chi connectivity index (χ2v) is 3.91. The molecule has 0 spiro atoms. The van der Waals surface area contributed by atoms with Crippen LogP contribution in [0.1, 0.15) is 43.0 Å². The normalized spacial score (nSPS) is 10.7. The van der Waals surface area contributed by atoms with E-state index in [9.17, 15) is 5.11 Å². The first-order valence-corrected chi connectivity index (χ1v) is 5.98. The van der Waals surface area contributed by atoms with E-state index in [1.54, 1.807) is 0 Å². The predicted molar refractivity (Wildman–Crippen MR) is 63.8 cm³/mol. The molecule has 0 unspecified atom stereocenters. The van der Waals surface area contributed by atoms with Gasteiger partial charge in [0.15, 0.2) is 0 Å². The molecular weight excluding hydrogens is 184 g/mol. The summed E-state index contributed by atoms with van der Waals surface area (Å²) in [5, 5.41) is 10.8. The average molecular weight is 205 g/mol. The Morgan fingerprint density at radius 2 is 1.47 bits per heavy atom. The Bertz CT molecular complexity index is 290. The molecule has 0 amide bonds. The molecule has 0 fully saturated rings. The van der Waals surface area contributed by atoms with Crippen LogP contribution in [0.5, 0.6) is 0 Å². The highest BCUT2D eigenvalue weighted by Crippen LogP contribution is 2.20. The molecule has 0 aliphatic rings. The van der Waals surface area contributed by atoms with Gasteiger partial charge in [0.2, 0.25) is 0 Å². The first kappa shape index (κ1) is 12.3. The van der Waals surface area contributed by atoms with E-state index in [4.69, 9.17) is 0 Å². The number of hydrogen-bond acceptors (Lipinski definition) is 0. The smallest absolute Gasteiger partial charge is 0.0862 e. The summed E-state index contributed by atoms with van der Waals surface area (Å²) in [5.41, 5.74) is 5.47. The highest BCUT2D eigenvalue weighted by atomic mass is 16.2. The summed E-state index contributed by atoms with van der Waals surface area (Å²) in [6.07, 6.45) is 3.85. The van der Waals surface area contributed by atoms with E-state index in [0.29, 0.717) is 6.42 Å². The molecule has 0 bridgehead atoms. The second kappa shape index (κ2) is 5.92. The molecule has 0 aromatic heterocycles. The molecule has 0 saturated heterocycles. The van der Waals surface area contributed by atoms with Gasteiger partial charge < -0.3 is 0 Å². The molecule has 1 aromatic carbocycles. The van der Waals surface area contributed by atoms with Crippen molar-refractivity contribution in [3.63, 3.8) is 0 Å². The Morgan fingerprint density at radius 3 is 1.80 bits per heavy atom. The van der Waals surface area contributed by atoms with Crippen LogP contribution < -0.4 is 0 Å². The monoisotopic (exact) mass is 205 g/mol. The fourth-order valence-electron chi connectivity index (χ4n) is 2.13.